The van der Waals surface area contributed by atoms with Gasteiger partial charge in [-0.2, -0.15) is 0 Å². The molecule has 0 saturated carbocycles. The molecule has 0 fully saturated rings. The number of nitrogens with zero attached hydrogens (tertiary/aromatic N) is 1. The third-order valence-corrected chi connectivity index (χ3v) is 3.49. The fourth-order valence-electron chi connectivity index (χ4n) is 1.66. The lowest BCUT2D eigenvalue weighted by atomic mass is 10.1. The zero-order valence-electron chi connectivity index (χ0n) is 10.9. The van der Waals surface area contributed by atoms with Gasteiger partial charge in [0.25, 0.3) is 5.91 Å². The molecule has 2 N–H and O–H groups in total. The largest absolute Gasteiger partial charge is 0.502 e. The summed E-state index contributed by atoms with van der Waals surface area (Å²) in [6, 6.07) is 2.85. The number of carbonyl (C=O) groups is 1. The molecule has 1 aromatic carbocycles. The van der Waals surface area contributed by atoms with E-state index in [4.69, 9.17) is 0 Å². The zero-order chi connectivity index (χ0) is 15.5. The number of phenols is 1. The summed E-state index contributed by atoms with van der Waals surface area (Å²) in [5.74, 6) is -1.79. The second kappa shape index (κ2) is 5.87. The molecule has 110 valence electrons. The fraction of sp³-hybridized carbons (Fsp3) is 0.364. The van der Waals surface area contributed by atoms with Gasteiger partial charge in [-0.3, -0.25) is 14.9 Å². The first-order valence-corrected chi connectivity index (χ1v) is 7.63. The molecule has 8 nitrogen and oxygen atoms in total. The molecule has 0 aromatic heterocycles. The maximum absolute atomic E-state index is 11.8. The summed E-state index contributed by atoms with van der Waals surface area (Å²) in [6.45, 7) is 1.48. The molecular weight excluding hydrogens is 288 g/mol. The molecule has 0 spiro atoms. The number of sulfone groups is 1. The van der Waals surface area contributed by atoms with Crippen molar-refractivity contribution < 1.29 is 23.2 Å². The topological polar surface area (TPSA) is 127 Å². The van der Waals surface area contributed by atoms with Crippen molar-refractivity contribution in [3.8, 4) is 5.75 Å². The number of hydrogen-bond donors (Lipinski definition) is 2. The van der Waals surface area contributed by atoms with Crippen LogP contribution in [0.5, 0.6) is 5.75 Å². The first-order valence-electron chi connectivity index (χ1n) is 5.57. The molecule has 0 radical (unpaired) electrons. The maximum Gasteiger partial charge on any atom is 0.311 e. The van der Waals surface area contributed by atoms with Crippen molar-refractivity contribution in [2.24, 2.45) is 0 Å². The van der Waals surface area contributed by atoms with Crippen molar-refractivity contribution in [1.82, 2.24) is 5.32 Å². The average molecular weight is 302 g/mol. The lowest BCUT2D eigenvalue weighted by molar-refractivity contribution is -0.385. The van der Waals surface area contributed by atoms with Gasteiger partial charge in [0.05, 0.1) is 16.2 Å². The van der Waals surface area contributed by atoms with E-state index in [0.29, 0.717) is 0 Å². The Morgan fingerprint density at radius 3 is 2.60 bits per heavy atom. The van der Waals surface area contributed by atoms with Crippen LogP contribution in [0.15, 0.2) is 18.2 Å². The van der Waals surface area contributed by atoms with Crippen LogP contribution in [-0.2, 0) is 9.84 Å². The van der Waals surface area contributed by atoms with Crippen LogP contribution < -0.4 is 5.32 Å². The molecule has 0 aliphatic heterocycles. The Morgan fingerprint density at radius 1 is 1.50 bits per heavy atom. The standard InChI is InChI=1S/C11H14N2O6S/c1-7(6-20(2,18)19)12-11(15)8-4-3-5-9(10(8)14)13(16)17/h3-5,7,14H,6H2,1-2H3,(H,12,15). The lowest BCUT2D eigenvalue weighted by Gasteiger charge is -2.13. The SMILES string of the molecule is CC(CS(C)(=O)=O)NC(=O)c1cccc([N+](=O)[O-])c1O. The highest BCUT2D eigenvalue weighted by atomic mass is 32.2. The highest BCUT2D eigenvalue weighted by Gasteiger charge is 2.22. The molecule has 1 unspecified atom stereocenters. The molecule has 0 aliphatic carbocycles. The minimum Gasteiger partial charge on any atom is -0.502 e. The number of nitrogens with one attached hydrogen (secondary N) is 1. The first kappa shape index (κ1) is 15.9. The summed E-state index contributed by atoms with van der Waals surface area (Å²) < 4.78 is 22.2. The van der Waals surface area contributed by atoms with Crippen molar-refractivity contribution in [3.05, 3.63) is 33.9 Å². The van der Waals surface area contributed by atoms with Crippen LogP contribution in [0.2, 0.25) is 0 Å². The molecule has 0 heterocycles. The molecule has 9 heteroatoms. The highest BCUT2D eigenvalue weighted by Crippen LogP contribution is 2.29. The molecule has 1 rings (SSSR count). The summed E-state index contributed by atoms with van der Waals surface area (Å²) >= 11 is 0. The third kappa shape index (κ3) is 4.19. The number of phenolic OH excluding ortho intramolecular Hbond substituents is 1. The predicted molar refractivity (Wildman–Crippen MR) is 71.4 cm³/mol. The molecular formula is C11H14N2O6S. The normalized spacial score (nSPS) is 12.7. The number of carbonyl (C=O) groups excluding carboxylic acids is 1. The van der Waals surface area contributed by atoms with E-state index in [-0.39, 0.29) is 11.3 Å². The molecule has 20 heavy (non-hydrogen) atoms. The Hall–Kier alpha value is -2.16. The molecule has 1 atom stereocenters. The van der Waals surface area contributed by atoms with Crippen LogP contribution in [-0.4, -0.2) is 42.4 Å². The smallest absolute Gasteiger partial charge is 0.311 e. The molecule has 0 bridgehead atoms. The molecule has 1 amide bonds. The van der Waals surface area contributed by atoms with Gasteiger partial charge in [-0.1, -0.05) is 6.07 Å². The Bertz CT molecular complexity index is 640. The van der Waals surface area contributed by atoms with Crippen molar-refractivity contribution in [2.45, 2.75) is 13.0 Å². The Morgan fingerprint density at radius 2 is 2.10 bits per heavy atom. The number of benzene rings is 1. The molecule has 0 aliphatic rings. The second-order valence-corrected chi connectivity index (χ2v) is 6.58. The Labute approximate surface area is 115 Å². The van der Waals surface area contributed by atoms with Gasteiger partial charge in [-0.05, 0) is 13.0 Å². The number of rotatable bonds is 5. The number of amides is 1. The van der Waals surface area contributed by atoms with E-state index in [1.807, 2.05) is 0 Å². The minimum absolute atomic E-state index is 0.269. The van der Waals surface area contributed by atoms with E-state index >= 15 is 0 Å². The van der Waals surface area contributed by atoms with Gasteiger partial charge < -0.3 is 10.4 Å². The number of nitro benzene ring substituents is 1. The van der Waals surface area contributed by atoms with Gasteiger partial charge in [0.1, 0.15) is 9.84 Å². The van der Waals surface area contributed by atoms with Gasteiger partial charge in [0, 0.05) is 18.4 Å². The Kier molecular flexibility index (Phi) is 4.66. The van der Waals surface area contributed by atoms with Crippen molar-refractivity contribution >= 4 is 21.4 Å². The molecule has 0 saturated heterocycles. The minimum atomic E-state index is -3.27. The van der Waals surface area contributed by atoms with Crippen LogP contribution in [0, 0.1) is 10.1 Å². The van der Waals surface area contributed by atoms with E-state index in [1.54, 1.807) is 0 Å². The molecule has 1 aromatic rings. The van der Waals surface area contributed by atoms with Gasteiger partial charge in [-0.15, -0.1) is 0 Å². The van der Waals surface area contributed by atoms with E-state index < -0.39 is 38.1 Å². The summed E-state index contributed by atoms with van der Waals surface area (Å²) in [5.41, 5.74) is -0.868. The van der Waals surface area contributed by atoms with Gasteiger partial charge in [-0.25, -0.2) is 8.42 Å². The average Bonchev–Trinajstić information content (AvgIpc) is 2.25. The highest BCUT2D eigenvalue weighted by molar-refractivity contribution is 7.90. The van der Waals surface area contributed by atoms with Gasteiger partial charge in [0.2, 0.25) is 5.75 Å². The predicted octanol–water partition coefficient (Wildman–Crippen LogP) is 0.463. The zero-order valence-corrected chi connectivity index (χ0v) is 11.7. The van der Waals surface area contributed by atoms with Crippen LogP contribution in [0.25, 0.3) is 0 Å². The van der Waals surface area contributed by atoms with Crippen LogP contribution in [0.4, 0.5) is 5.69 Å². The summed E-state index contributed by atoms with van der Waals surface area (Å²) in [4.78, 5) is 21.7. The lowest BCUT2D eigenvalue weighted by Crippen LogP contribution is -2.37. The summed E-state index contributed by atoms with van der Waals surface area (Å²) in [7, 11) is -3.27. The first-order chi connectivity index (χ1) is 9.11. The number of aromatic hydroxyl groups is 1. The quantitative estimate of drug-likeness (QED) is 0.601. The van der Waals surface area contributed by atoms with Crippen LogP contribution in [0.3, 0.4) is 0 Å². The van der Waals surface area contributed by atoms with Crippen molar-refractivity contribution in [3.63, 3.8) is 0 Å². The van der Waals surface area contributed by atoms with Crippen LogP contribution in [0.1, 0.15) is 17.3 Å². The van der Waals surface area contributed by atoms with E-state index in [0.717, 1.165) is 12.3 Å². The van der Waals surface area contributed by atoms with Crippen molar-refractivity contribution in [2.75, 3.05) is 12.0 Å². The van der Waals surface area contributed by atoms with E-state index in [9.17, 15) is 28.4 Å². The van der Waals surface area contributed by atoms with Crippen molar-refractivity contribution in [1.29, 1.82) is 0 Å². The van der Waals surface area contributed by atoms with Gasteiger partial charge in [0.15, 0.2) is 0 Å². The summed E-state index contributed by atoms with van der Waals surface area (Å²) in [6.07, 6.45) is 1.03. The monoisotopic (exact) mass is 302 g/mol. The Balaban J connectivity index is 2.94. The second-order valence-electron chi connectivity index (χ2n) is 4.40. The van der Waals surface area contributed by atoms with E-state index in [2.05, 4.69) is 5.32 Å². The fourth-order valence-corrected chi connectivity index (χ4v) is 2.65. The van der Waals surface area contributed by atoms with E-state index in [1.165, 1.54) is 19.1 Å². The third-order valence-electron chi connectivity index (χ3n) is 2.39. The maximum atomic E-state index is 11.8. The summed E-state index contributed by atoms with van der Waals surface area (Å²) in [5, 5.41) is 22.7. The van der Waals surface area contributed by atoms with Crippen LogP contribution >= 0.6 is 0 Å². The number of hydrogen-bond acceptors (Lipinski definition) is 6. The van der Waals surface area contributed by atoms with Gasteiger partial charge >= 0.3 is 5.69 Å². The number of nitro groups is 1. The number of para-hydroxylation sites is 1.